The van der Waals surface area contributed by atoms with Crippen molar-refractivity contribution in [3.63, 3.8) is 0 Å². The highest BCUT2D eigenvalue weighted by atomic mass is 127. The van der Waals surface area contributed by atoms with Crippen LogP contribution < -0.4 is 10.6 Å². The maximum Gasteiger partial charge on any atom is 0.337 e. The third-order valence-corrected chi connectivity index (χ3v) is 4.73. The van der Waals surface area contributed by atoms with E-state index in [-0.39, 0.29) is 29.9 Å². The van der Waals surface area contributed by atoms with Gasteiger partial charge in [0.15, 0.2) is 5.96 Å². The van der Waals surface area contributed by atoms with Crippen LogP contribution >= 0.6 is 24.0 Å². The lowest BCUT2D eigenvalue weighted by Gasteiger charge is -2.17. The number of hydrogen-bond acceptors (Lipinski definition) is 4. The first-order valence-corrected chi connectivity index (χ1v) is 9.49. The molecule has 1 aromatic heterocycles. The number of ether oxygens (including phenoxy) is 1. The summed E-state index contributed by atoms with van der Waals surface area (Å²) in [6.45, 7) is 1.30. The van der Waals surface area contributed by atoms with Crippen LogP contribution in [-0.4, -0.2) is 31.6 Å². The average Bonchev–Trinajstić information content (AvgIpc) is 3.40. The van der Waals surface area contributed by atoms with Crippen molar-refractivity contribution in [3.05, 3.63) is 59.5 Å². The third-order valence-electron chi connectivity index (χ3n) is 4.73. The van der Waals surface area contributed by atoms with E-state index in [1.807, 2.05) is 24.3 Å². The highest BCUT2D eigenvalue weighted by molar-refractivity contribution is 14.0. The SMILES string of the molecule is COC(=O)c1ccc(CN=C(NCCc2ccco2)NC2CCCC2)cc1.I. The smallest absolute Gasteiger partial charge is 0.337 e. The lowest BCUT2D eigenvalue weighted by atomic mass is 10.1. The van der Waals surface area contributed by atoms with Crippen LogP contribution in [0.4, 0.5) is 0 Å². The molecule has 1 aliphatic rings. The zero-order valence-electron chi connectivity index (χ0n) is 16.1. The van der Waals surface area contributed by atoms with E-state index in [0.29, 0.717) is 18.2 Å². The van der Waals surface area contributed by atoms with Crippen molar-refractivity contribution in [3.8, 4) is 0 Å². The molecule has 2 N–H and O–H groups in total. The Bertz CT molecular complexity index is 739. The summed E-state index contributed by atoms with van der Waals surface area (Å²) in [6.07, 6.45) is 7.42. The molecular weight excluding hydrogens is 469 g/mol. The highest BCUT2D eigenvalue weighted by Crippen LogP contribution is 2.17. The van der Waals surface area contributed by atoms with Crippen molar-refractivity contribution in [2.24, 2.45) is 4.99 Å². The molecule has 0 atom stereocenters. The summed E-state index contributed by atoms with van der Waals surface area (Å²) < 4.78 is 10.1. The van der Waals surface area contributed by atoms with Crippen LogP contribution in [0, 0.1) is 0 Å². The molecule has 1 aromatic carbocycles. The monoisotopic (exact) mass is 497 g/mol. The standard InChI is InChI=1S/C21H27N3O3.HI/c1-26-20(25)17-10-8-16(9-11-17)15-23-21(24-18-5-2-3-6-18)22-13-12-19-7-4-14-27-19;/h4,7-11,14,18H,2-3,5-6,12-13,15H2,1H3,(H2,22,23,24);1H. The minimum Gasteiger partial charge on any atom is -0.469 e. The van der Waals surface area contributed by atoms with Crippen molar-refractivity contribution in [1.29, 1.82) is 0 Å². The summed E-state index contributed by atoms with van der Waals surface area (Å²) in [5.41, 5.74) is 1.59. The van der Waals surface area contributed by atoms with E-state index in [0.717, 1.165) is 30.2 Å². The van der Waals surface area contributed by atoms with E-state index in [4.69, 9.17) is 14.1 Å². The Labute approximate surface area is 183 Å². The molecular formula is C21H28IN3O3. The van der Waals surface area contributed by atoms with Gasteiger partial charge in [-0.2, -0.15) is 0 Å². The van der Waals surface area contributed by atoms with Gasteiger partial charge in [-0.15, -0.1) is 24.0 Å². The Morgan fingerprint density at radius 1 is 1.21 bits per heavy atom. The third kappa shape index (κ3) is 6.85. The van der Waals surface area contributed by atoms with Crippen LogP contribution in [0.1, 0.15) is 47.4 Å². The Morgan fingerprint density at radius 2 is 1.96 bits per heavy atom. The molecule has 0 saturated heterocycles. The topological polar surface area (TPSA) is 75.9 Å². The number of carbonyl (C=O) groups is 1. The molecule has 1 heterocycles. The lowest BCUT2D eigenvalue weighted by molar-refractivity contribution is 0.0600. The average molecular weight is 497 g/mol. The second-order valence-corrected chi connectivity index (χ2v) is 6.74. The quantitative estimate of drug-likeness (QED) is 0.263. The fourth-order valence-electron chi connectivity index (χ4n) is 3.21. The number of esters is 1. The van der Waals surface area contributed by atoms with Crippen molar-refractivity contribution < 1.29 is 13.9 Å². The summed E-state index contributed by atoms with van der Waals surface area (Å²) in [6, 6.07) is 11.7. The Hall–Kier alpha value is -2.03. The number of furan rings is 1. The molecule has 1 saturated carbocycles. The summed E-state index contributed by atoms with van der Waals surface area (Å²) >= 11 is 0. The normalized spacial score (nSPS) is 14.4. The van der Waals surface area contributed by atoms with Crippen molar-refractivity contribution in [2.45, 2.75) is 44.7 Å². The lowest BCUT2D eigenvalue weighted by Crippen LogP contribution is -2.43. The number of aliphatic imine (C=N–C) groups is 1. The number of benzene rings is 1. The molecule has 6 nitrogen and oxygen atoms in total. The Kier molecular flexibility index (Phi) is 9.33. The molecule has 0 unspecified atom stereocenters. The predicted molar refractivity (Wildman–Crippen MR) is 120 cm³/mol. The fraction of sp³-hybridized carbons (Fsp3) is 0.429. The van der Waals surface area contributed by atoms with E-state index in [9.17, 15) is 4.79 Å². The zero-order valence-corrected chi connectivity index (χ0v) is 18.5. The van der Waals surface area contributed by atoms with Crippen LogP contribution in [0.5, 0.6) is 0 Å². The second-order valence-electron chi connectivity index (χ2n) is 6.74. The number of nitrogens with one attached hydrogen (secondary N) is 2. The first-order chi connectivity index (χ1) is 13.2. The molecule has 1 aliphatic carbocycles. The van der Waals surface area contributed by atoms with E-state index in [2.05, 4.69) is 10.6 Å². The van der Waals surface area contributed by atoms with E-state index >= 15 is 0 Å². The van der Waals surface area contributed by atoms with E-state index in [1.165, 1.54) is 32.8 Å². The number of halogens is 1. The minimum absolute atomic E-state index is 0. The first-order valence-electron chi connectivity index (χ1n) is 9.49. The van der Waals surface area contributed by atoms with Crippen LogP contribution in [0.2, 0.25) is 0 Å². The van der Waals surface area contributed by atoms with Gasteiger partial charge in [-0.25, -0.2) is 9.79 Å². The number of rotatable bonds is 7. The molecule has 0 aliphatic heterocycles. The molecule has 0 bridgehead atoms. The molecule has 28 heavy (non-hydrogen) atoms. The molecule has 0 amide bonds. The van der Waals surface area contributed by atoms with E-state index < -0.39 is 0 Å². The molecule has 152 valence electrons. The van der Waals surface area contributed by atoms with Gasteiger partial charge in [0.25, 0.3) is 0 Å². The predicted octanol–water partition coefficient (Wildman–Crippen LogP) is 3.90. The summed E-state index contributed by atoms with van der Waals surface area (Å²) in [5.74, 6) is 1.46. The van der Waals surface area contributed by atoms with Gasteiger partial charge in [0.05, 0.1) is 25.5 Å². The van der Waals surface area contributed by atoms with Crippen LogP contribution in [0.25, 0.3) is 0 Å². The van der Waals surface area contributed by atoms with Gasteiger partial charge in [-0.05, 0) is 42.7 Å². The molecule has 0 radical (unpaired) electrons. The molecule has 0 spiro atoms. The van der Waals surface area contributed by atoms with Gasteiger partial charge < -0.3 is 19.8 Å². The Balaban J connectivity index is 0.00000280. The maximum atomic E-state index is 11.5. The number of methoxy groups -OCH3 is 1. The van der Waals surface area contributed by atoms with Crippen LogP contribution in [-0.2, 0) is 17.7 Å². The molecule has 1 fully saturated rings. The van der Waals surface area contributed by atoms with Gasteiger partial charge in [0.2, 0.25) is 0 Å². The highest BCUT2D eigenvalue weighted by Gasteiger charge is 2.16. The second kappa shape index (κ2) is 11.7. The first kappa shape index (κ1) is 22.3. The maximum absolute atomic E-state index is 11.5. The number of nitrogens with zero attached hydrogens (tertiary/aromatic N) is 1. The van der Waals surface area contributed by atoms with Gasteiger partial charge in [-0.1, -0.05) is 25.0 Å². The summed E-state index contributed by atoms with van der Waals surface area (Å²) in [7, 11) is 1.38. The van der Waals surface area contributed by atoms with Gasteiger partial charge in [0, 0.05) is 19.0 Å². The van der Waals surface area contributed by atoms with Crippen molar-refractivity contribution in [2.75, 3.05) is 13.7 Å². The number of guanidine groups is 1. The van der Waals surface area contributed by atoms with Gasteiger partial charge in [-0.3, -0.25) is 0 Å². The van der Waals surface area contributed by atoms with Crippen molar-refractivity contribution in [1.82, 2.24) is 10.6 Å². The molecule has 2 aromatic rings. The fourth-order valence-corrected chi connectivity index (χ4v) is 3.21. The Morgan fingerprint density at radius 3 is 2.61 bits per heavy atom. The summed E-state index contributed by atoms with van der Waals surface area (Å²) in [5, 5.41) is 6.94. The van der Waals surface area contributed by atoms with Gasteiger partial charge in [0.1, 0.15) is 5.76 Å². The van der Waals surface area contributed by atoms with E-state index in [1.54, 1.807) is 18.4 Å². The van der Waals surface area contributed by atoms with Crippen molar-refractivity contribution >= 4 is 35.9 Å². The molecule has 7 heteroatoms. The van der Waals surface area contributed by atoms with Crippen LogP contribution in [0.3, 0.4) is 0 Å². The number of hydrogen-bond donors (Lipinski definition) is 2. The summed E-state index contributed by atoms with van der Waals surface area (Å²) in [4.78, 5) is 16.2. The largest absolute Gasteiger partial charge is 0.469 e. The van der Waals surface area contributed by atoms with Crippen LogP contribution in [0.15, 0.2) is 52.1 Å². The molecule has 3 rings (SSSR count). The van der Waals surface area contributed by atoms with Gasteiger partial charge >= 0.3 is 5.97 Å². The minimum atomic E-state index is -0.326. The zero-order chi connectivity index (χ0) is 18.9. The number of carbonyl (C=O) groups excluding carboxylic acids is 1.